The molecule has 5 rings (SSSR count). The molecular weight excluding hydrogens is 484 g/mol. The lowest BCUT2D eigenvalue weighted by atomic mass is 9.93. The fourth-order valence-electron chi connectivity index (χ4n) is 4.92. The predicted octanol–water partition coefficient (Wildman–Crippen LogP) is 7.05. The van der Waals surface area contributed by atoms with Gasteiger partial charge in [-0.2, -0.15) is 0 Å². The first-order chi connectivity index (χ1) is 17.0. The fraction of sp³-hybridized carbons (Fsp3) is 0.370. The van der Waals surface area contributed by atoms with E-state index >= 15 is 0 Å². The summed E-state index contributed by atoms with van der Waals surface area (Å²) in [5.41, 5.74) is 2.62. The maximum Gasteiger partial charge on any atom is 0.337 e. The standard InChI is InChI=1S/C27H27ClN2O4S/c28-21-14-16(10-12-19(21)27(32)33)22-13-11-18(34-22)15-29-26-24(20-8-4-5-9-23(20)35-26)25(31)30-17-6-2-1-3-7-17/h10-15,17H,1-9H2,(H,30,31)(H,32,33). The number of rotatable bonds is 6. The minimum absolute atomic E-state index is 0.00301. The summed E-state index contributed by atoms with van der Waals surface area (Å²) in [6, 6.07) is 8.54. The zero-order valence-electron chi connectivity index (χ0n) is 19.3. The zero-order valence-corrected chi connectivity index (χ0v) is 20.9. The molecule has 2 N–H and O–H groups in total. The number of aryl methyl sites for hydroxylation is 1. The molecule has 35 heavy (non-hydrogen) atoms. The number of carbonyl (C=O) groups is 2. The third-order valence-corrected chi connectivity index (χ3v) is 8.25. The van der Waals surface area contributed by atoms with Crippen molar-refractivity contribution in [2.45, 2.75) is 63.8 Å². The van der Waals surface area contributed by atoms with Crippen LogP contribution in [0.5, 0.6) is 0 Å². The molecule has 8 heteroatoms. The number of amides is 1. The lowest BCUT2D eigenvalue weighted by molar-refractivity contribution is 0.0696. The summed E-state index contributed by atoms with van der Waals surface area (Å²) in [6.45, 7) is 0. The molecule has 6 nitrogen and oxygen atoms in total. The van der Waals surface area contributed by atoms with Gasteiger partial charge >= 0.3 is 5.97 Å². The van der Waals surface area contributed by atoms with E-state index in [1.54, 1.807) is 41.8 Å². The van der Waals surface area contributed by atoms with Gasteiger partial charge in [-0.3, -0.25) is 4.79 Å². The highest BCUT2D eigenvalue weighted by Gasteiger charge is 2.27. The fourth-order valence-corrected chi connectivity index (χ4v) is 6.41. The van der Waals surface area contributed by atoms with E-state index in [2.05, 4.69) is 5.32 Å². The van der Waals surface area contributed by atoms with Gasteiger partial charge < -0.3 is 14.8 Å². The number of carbonyl (C=O) groups excluding carboxylic acids is 1. The molecule has 0 bridgehead atoms. The van der Waals surface area contributed by atoms with Gasteiger partial charge in [-0.05, 0) is 68.4 Å². The largest absolute Gasteiger partial charge is 0.478 e. The number of carboxylic acids is 1. The third kappa shape index (κ3) is 5.21. The smallest absolute Gasteiger partial charge is 0.337 e. The van der Waals surface area contributed by atoms with E-state index in [1.807, 2.05) is 0 Å². The van der Waals surface area contributed by atoms with E-state index in [0.29, 0.717) is 17.1 Å². The summed E-state index contributed by atoms with van der Waals surface area (Å²) in [5, 5.41) is 13.3. The van der Waals surface area contributed by atoms with Gasteiger partial charge in [0.2, 0.25) is 0 Å². The van der Waals surface area contributed by atoms with Crippen LogP contribution in [0.15, 0.2) is 39.7 Å². The number of aromatic carboxylic acids is 1. The predicted molar refractivity (Wildman–Crippen MR) is 139 cm³/mol. The third-order valence-electron chi connectivity index (χ3n) is 6.74. The van der Waals surface area contributed by atoms with Crippen molar-refractivity contribution in [3.8, 4) is 11.3 Å². The first kappa shape index (κ1) is 23.8. The number of benzene rings is 1. The molecule has 1 aromatic carbocycles. The Kier molecular flexibility index (Phi) is 7.07. The highest BCUT2D eigenvalue weighted by atomic mass is 35.5. The minimum Gasteiger partial charge on any atom is -0.478 e. The second-order valence-electron chi connectivity index (χ2n) is 9.16. The molecule has 0 aliphatic heterocycles. The van der Waals surface area contributed by atoms with Crippen LogP contribution in [0.2, 0.25) is 5.02 Å². The van der Waals surface area contributed by atoms with Crippen LogP contribution in [-0.4, -0.2) is 29.2 Å². The van der Waals surface area contributed by atoms with E-state index in [-0.39, 0.29) is 22.5 Å². The zero-order chi connectivity index (χ0) is 24.4. The number of aliphatic imine (C=N–C) groups is 1. The number of nitrogens with zero attached hydrogens (tertiary/aromatic N) is 1. The van der Waals surface area contributed by atoms with Crippen molar-refractivity contribution >= 4 is 46.0 Å². The number of carboxylic acid groups (broad SMARTS) is 1. The Hall–Kier alpha value is -2.90. The lowest BCUT2D eigenvalue weighted by Gasteiger charge is -2.23. The summed E-state index contributed by atoms with van der Waals surface area (Å²) in [6.07, 6.45) is 11.5. The quantitative estimate of drug-likeness (QED) is 0.347. The Balaban J connectivity index is 1.39. The first-order valence-electron chi connectivity index (χ1n) is 12.1. The maximum atomic E-state index is 13.3. The normalized spacial score (nSPS) is 16.4. The molecular formula is C27H27ClN2O4S. The number of hydrogen-bond donors (Lipinski definition) is 2. The van der Waals surface area contributed by atoms with Gasteiger partial charge in [-0.15, -0.1) is 11.3 Å². The minimum atomic E-state index is -1.07. The van der Waals surface area contributed by atoms with Crippen LogP contribution in [0.1, 0.15) is 81.9 Å². The highest BCUT2D eigenvalue weighted by molar-refractivity contribution is 7.16. The molecule has 3 aromatic rings. The Morgan fingerprint density at radius 2 is 1.89 bits per heavy atom. The summed E-state index contributed by atoms with van der Waals surface area (Å²) in [5.74, 6) is 0.0296. The van der Waals surface area contributed by atoms with Crippen LogP contribution in [0, 0.1) is 0 Å². The Morgan fingerprint density at radius 1 is 1.09 bits per heavy atom. The second-order valence-corrected chi connectivity index (χ2v) is 10.7. The van der Waals surface area contributed by atoms with E-state index in [4.69, 9.17) is 21.0 Å². The van der Waals surface area contributed by atoms with Crippen LogP contribution in [0.3, 0.4) is 0 Å². The highest BCUT2D eigenvalue weighted by Crippen LogP contribution is 2.40. The average Bonchev–Trinajstić information content (AvgIpc) is 3.47. The van der Waals surface area contributed by atoms with Crippen LogP contribution < -0.4 is 5.32 Å². The number of nitrogens with one attached hydrogen (secondary N) is 1. The van der Waals surface area contributed by atoms with E-state index in [1.165, 1.54) is 30.2 Å². The molecule has 1 saturated carbocycles. The van der Waals surface area contributed by atoms with Crippen molar-refractivity contribution in [2.24, 2.45) is 4.99 Å². The van der Waals surface area contributed by atoms with E-state index in [0.717, 1.165) is 54.7 Å². The van der Waals surface area contributed by atoms with Gasteiger partial charge in [0, 0.05) is 16.5 Å². The van der Waals surface area contributed by atoms with Gasteiger partial charge in [0.15, 0.2) is 0 Å². The number of halogens is 1. The molecule has 182 valence electrons. The Bertz CT molecular complexity index is 1290. The van der Waals surface area contributed by atoms with Gasteiger partial charge in [0.25, 0.3) is 5.91 Å². The van der Waals surface area contributed by atoms with Crippen molar-refractivity contribution in [2.75, 3.05) is 0 Å². The van der Waals surface area contributed by atoms with E-state index in [9.17, 15) is 14.7 Å². The molecule has 0 radical (unpaired) electrons. The van der Waals surface area contributed by atoms with Crippen molar-refractivity contribution in [1.82, 2.24) is 5.32 Å². The van der Waals surface area contributed by atoms with Crippen molar-refractivity contribution in [3.05, 3.63) is 62.7 Å². The summed E-state index contributed by atoms with van der Waals surface area (Å²) >= 11 is 7.71. The van der Waals surface area contributed by atoms with Crippen molar-refractivity contribution in [3.63, 3.8) is 0 Å². The molecule has 2 aliphatic carbocycles. The van der Waals surface area contributed by atoms with Gasteiger partial charge in [-0.1, -0.05) is 36.9 Å². The number of fused-ring (bicyclic) bond motifs is 1. The Labute approximate surface area is 213 Å². The number of thiophene rings is 1. The van der Waals surface area contributed by atoms with E-state index < -0.39 is 5.97 Å². The van der Waals surface area contributed by atoms with Gasteiger partial charge in [-0.25, -0.2) is 9.79 Å². The topological polar surface area (TPSA) is 91.9 Å². The second kappa shape index (κ2) is 10.4. The first-order valence-corrected chi connectivity index (χ1v) is 13.3. The molecule has 2 heterocycles. The summed E-state index contributed by atoms with van der Waals surface area (Å²) in [7, 11) is 0. The SMILES string of the molecule is O=C(O)c1ccc(-c2ccc(C=Nc3sc4c(c3C(=O)NC3CCCCC3)CCCC4)o2)cc1Cl. The van der Waals surface area contributed by atoms with Gasteiger partial charge in [0.05, 0.1) is 22.4 Å². The van der Waals surface area contributed by atoms with Crippen LogP contribution in [0.25, 0.3) is 11.3 Å². The monoisotopic (exact) mass is 510 g/mol. The molecule has 2 aromatic heterocycles. The molecule has 1 fully saturated rings. The van der Waals surface area contributed by atoms with Gasteiger partial charge in [0.1, 0.15) is 16.5 Å². The molecule has 2 aliphatic rings. The lowest BCUT2D eigenvalue weighted by Crippen LogP contribution is -2.36. The summed E-state index contributed by atoms with van der Waals surface area (Å²) in [4.78, 5) is 30.5. The number of furan rings is 1. The number of hydrogen-bond acceptors (Lipinski definition) is 5. The van der Waals surface area contributed by atoms with Crippen LogP contribution in [-0.2, 0) is 12.8 Å². The molecule has 0 unspecified atom stereocenters. The molecule has 0 saturated heterocycles. The summed E-state index contributed by atoms with van der Waals surface area (Å²) < 4.78 is 5.92. The molecule has 1 amide bonds. The van der Waals surface area contributed by atoms with Crippen LogP contribution in [0.4, 0.5) is 5.00 Å². The van der Waals surface area contributed by atoms with Crippen molar-refractivity contribution < 1.29 is 19.1 Å². The van der Waals surface area contributed by atoms with Crippen molar-refractivity contribution in [1.29, 1.82) is 0 Å². The van der Waals surface area contributed by atoms with Crippen LogP contribution >= 0.6 is 22.9 Å². The average molecular weight is 511 g/mol. The molecule has 0 atom stereocenters. The Morgan fingerprint density at radius 3 is 2.66 bits per heavy atom. The maximum absolute atomic E-state index is 13.3. The molecule has 0 spiro atoms.